The van der Waals surface area contributed by atoms with Crippen LogP contribution in [0.3, 0.4) is 0 Å². The summed E-state index contributed by atoms with van der Waals surface area (Å²) >= 11 is 6.74. The molecule has 2 aliphatic rings. The van der Waals surface area contributed by atoms with Gasteiger partial charge in [0.05, 0.1) is 10.5 Å². The van der Waals surface area contributed by atoms with Crippen molar-refractivity contribution in [2.24, 2.45) is 0 Å². The van der Waals surface area contributed by atoms with Gasteiger partial charge in [-0.3, -0.25) is 18.9 Å². The van der Waals surface area contributed by atoms with Gasteiger partial charge in [0.15, 0.2) is 0 Å². The summed E-state index contributed by atoms with van der Waals surface area (Å²) in [7, 11) is 0. The van der Waals surface area contributed by atoms with E-state index in [9.17, 15) is 9.59 Å². The molecule has 1 atom stereocenters. The minimum atomic E-state index is -0.166. The number of piperazine rings is 1. The third-order valence-electron chi connectivity index (χ3n) is 6.24. The Morgan fingerprint density at radius 2 is 1.91 bits per heavy atom. The Bertz CT molecular complexity index is 1150. The summed E-state index contributed by atoms with van der Waals surface area (Å²) in [6.45, 7) is 12.5. The summed E-state index contributed by atoms with van der Waals surface area (Å²) in [5.74, 6) is 0.508. The number of thiocarbonyl (C=S) groups is 1. The van der Waals surface area contributed by atoms with E-state index in [1.54, 1.807) is 21.6 Å². The number of carbonyl (C=O) groups excluding carboxylic acids is 1. The van der Waals surface area contributed by atoms with Crippen LogP contribution in [0.2, 0.25) is 0 Å². The Balaban J connectivity index is 1.83. The molecular formula is C23H29N5O2S2. The minimum absolute atomic E-state index is 0.0217. The van der Waals surface area contributed by atoms with Gasteiger partial charge in [-0.05, 0) is 44.5 Å². The van der Waals surface area contributed by atoms with Gasteiger partial charge in [0, 0.05) is 38.4 Å². The predicted octanol–water partition coefficient (Wildman–Crippen LogP) is 3.14. The predicted molar refractivity (Wildman–Crippen MR) is 135 cm³/mol. The molecule has 0 spiro atoms. The highest BCUT2D eigenvalue weighted by Crippen LogP contribution is 2.35. The van der Waals surface area contributed by atoms with Crippen molar-refractivity contribution in [1.82, 2.24) is 19.2 Å². The van der Waals surface area contributed by atoms with Crippen molar-refractivity contribution in [2.45, 2.75) is 40.2 Å². The van der Waals surface area contributed by atoms with Gasteiger partial charge in [-0.25, -0.2) is 4.98 Å². The van der Waals surface area contributed by atoms with Crippen molar-refractivity contribution in [3.05, 3.63) is 44.7 Å². The lowest BCUT2D eigenvalue weighted by Gasteiger charge is -2.35. The number of anilines is 1. The van der Waals surface area contributed by atoms with Crippen LogP contribution >= 0.6 is 24.0 Å². The van der Waals surface area contributed by atoms with Gasteiger partial charge in [-0.15, -0.1) is 0 Å². The average molecular weight is 472 g/mol. The molecule has 0 bridgehead atoms. The number of fused-ring (bicyclic) bond motifs is 1. The van der Waals surface area contributed by atoms with Crippen molar-refractivity contribution < 1.29 is 4.79 Å². The van der Waals surface area contributed by atoms with Crippen molar-refractivity contribution >= 4 is 51.7 Å². The first-order valence-electron chi connectivity index (χ1n) is 11.1. The molecule has 2 aromatic rings. The zero-order chi connectivity index (χ0) is 23.0. The number of carbonyl (C=O) groups is 1. The van der Waals surface area contributed by atoms with E-state index in [0.29, 0.717) is 26.3 Å². The molecule has 170 valence electrons. The fourth-order valence-corrected chi connectivity index (χ4v) is 5.51. The largest absolute Gasteiger partial charge is 0.353 e. The minimum Gasteiger partial charge on any atom is -0.353 e. The summed E-state index contributed by atoms with van der Waals surface area (Å²) in [5, 5.41) is 0. The van der Waals surface area contributed by atoms with Crippen LogP contribution in [-0.4, -0.2) is 68.2 Å². The SMILES string of the molecule is CC[C@H](C)N1C(=O)/C(=C\c2c(N3CCN(CC)CC3)nc3ccc(C)cn3c2=O)SC1=S. The maximum Gasteiger partial charge on any atom is 0.267 e. The number of likely N-dealkylation sites (N-methyl/N-ethyl adjacent to an activating group) is 1. The van der Waals surface area contributed by atoms with Crippen LogP contribution < -0.4 is 10.5 Å². The van der Waals surface area contributed by atoms with Gasteiger partial charge in [0.2, 0.25) is 0 Å². The molecule has 0 aromatic carbocycles. The number of aromatic nitrogens is 2. The lowest BCUT2D eigenvalue weighted by atomic mass is 10.2. The summed E-state index contributed by atoms with van der Waals surface area (Å²) in [4.78, 5) is 38.2. The maximum absolute atomic E-state index is 13.6. The average Bonchev–Trinajstić information content (AvgIpc) is 3.08. The van der Waals surface area contributed by atoms with Crippen LogP contribution in [0.15, 0.2) is 28.0 Å². The van der Waals surface area contributed by atoms with Gasteiger partial charge < -0.3 is 9.80 Å². The monoisotopic (exact) mass is 471 g/mol. The zero-order valence-corrected chi connectivity index (χ0v) is 20.6. The summed E-state index contributed by atoms with van der Waals surface area (Å²) in [6.07, 6.45) is 4.31. The maximum atomic E-state index is 13.6. The van der Waals surface area contributed by atoms with Crippen molar-refractivity contribution in [3.63, 3.8) is 0 Å². The summed E-state index contributed by atoms with van der Waals surface area (Å²) < 4.78 is 2.11. The van der Waals surface area contributed by atoms with E-state index >= 15 is 0 Å². The smallest absolute Gasteiger partial charge is 0.267 e. The molecule has 0 aliphatic carbocycles. The first-order chi connectivity index (χ1) is 15.3. The topological polar surface area (TPSA) is 61.2 Å². The van der Waals surface area contributed by atoms with E-state index in [4.69, 9.17) is 17.2 Å². The zero-order valence-electron chi connectivity index (χ0n) is 19.0. The normalized spacial score (nSPS) is 20.1. The lowest BCUT2D eigenvalue weighted by Crippen LogP contribution is -2.47. The van der Waals surface area contributed by atoms with Crippen LogP contribution in [0, 0.1) is 6.92 Å². The van der Waals surface area contributed by atoms with E-state index in [-0.39, 0.29) is 17.5 Å². The van der Waals surface area contributed by atoms with Crippen LogP contribution in [0.1, 0.15) is 38.3 Å². The van der Waals surface area contributed by atoms with Gasteiger partial charge >= 0.3 is 0 Å². The Morgan fingerprint density at radius 1 is 1.19 bits per heavy atom. The van der Waals surface area contributed by atoms with Crippen molar-refractivity contribution in [3.8, 4) is 0 Å². The summed E-state index contributed by atoms with van der Waals surface area (Å²) in [6, 6.07) is 3.85. The molecule has 4 rings (SSSR count). The number of aryl methyl sites for hydroxylation is 1. The van der Waals surface area contributed by atoms with Gasteiger partial charge in [0.25, 0.3) is 11.5 Å². The first-order valence-corrected chi connectivity index (χ1v) is 12.3. The molecule has 0 unspecified atom stereocenters. The third-order valence-corrected chi connectivity index (χ3v) is 7.57. The van der Waals surface area contributed by atoms with Gasteiger partial charge in [0.1, 0.15) is 15.8 Å². The number of amides is 1. The molecule has 2 fully saturated rings. The lowest BCUT2D eigenvalue weighted by molar-refractivity contribution is -0.123. The number of thioether (sulfide) groups is 1. The Morgan fingerprint density at radius 3 is 2.56 bits per heavy atom. The van der Waals surface area contributed by atoms with Crippen LogP contribution in [0.4, 0.5) is 5.82 Å². The highest BCUT2D eigenvalue weighted by atomic mass is 32.2. The summed E-state index contributed by atoms with van der Waals surface area (Å²) in [5.41, 5.74) is 1.86. The molecule has 7 nitrogen and oxygen atoms in total. The van der Waals surface area contributed by atoms with E-state index < -0.39 is 0 Å². The first kappa shape index (κ1) is 22.9. The molecular weight excluding hydrogens is 442 g/mol. The molecule has 2 aliphatic heterocycles. The number of hydrogen-bond acceptors (Lipinski definition) is 7. The fraction of sp³-hybridized carbons (Fsp3) is 0.478. The van der Waals surface area contributed by atoms with E-state index in [1.165, 1.54) is 11.8 Å². The molecule has 0 saturated carbocycles. The Hall–Kier alpha value is -2.23. The quantitative estimate of drug-likeness (QED) is 0.490. The Kier molecular flexibility index (Phi) is 6.69. The van der Waals surface area contributed by atoms with E-state index in [2.05, 4.69) is 16.7 Å². The van der Waals surface area contributed by atoms with E-state index in [1.807, 2.05) is 32.9 Å². The molecule has 0 N–H and O–H groups in total. The highest BCUT2D eigenvalue weighted by Gasteiger charge is 2.35. The second-order valence-electron chi connectivity index (χ2n) is 8.32. The fourth-order valence-electron chi connectivity index (χ4n) is 4.06. The molecule has 9 heteroatoms. The molecule has 4 heterocycles. The van der Waals surface area contributed by atoms with E-state index in [0.717, 1.165) is 44.7 Å². The molecule has 2 aromatic heterocycles. The molecule has 2 saturated heterocycles. The van der Waals surface area contributed by atoms with Gasteiger partial charge in [-0.1, -0.05) is 43.9 Å². The standard InChI is InChI=1S/C23H29N5O2S2/c1-5-16(4)28-22(30)18(32-23(28)31)13-17-20(26-11-9-25(6-2)10-12-26)24-19-8-7-15(3)14-27(19)21(17)29/h7-8,13-14,16H,5-6,9-12H2,1-4H3/b18-13+/t16-/m0/s1. The molecule has 0 radical (unpaired) electrons. The molecule has 32 heavy (non-hydrogen) atoms. The van der Waals surface area contributed by atoms with Crippen LogP contribution in [0.5, 0.6) is 0 Å². The third kappa shape index (κ3) is 4.21. The number of hydrogen-bond donors (Lipinski definition) is 0. The second kappa shape index (κ2) is 9.33. The highest BCUT2D eigenvalue weighted by molar-refractivity contribution is 8.26. The Labute approximate surface area is 198 Å². The van der Waals surface area contributed by atoms with Crippen molar-refractivity contribution in [2.75, 3.05) is 37.6 Å². The second-order valence-corrected chi connectivity index (χ2v) is 9.99. The van der Waals surface area contributed by atoms with Crippen LogP contribution in [-0.2, 0) is 4.79 Å². The van der Waals surface area contributed by atoms with Crippen molar-refractivity contribution in [1.29, 1.82) is 0 Å². The number of rotatable bonds is 5. The number of pyridine rings is 1. The molecule has 1 amide bonds. The number of nitrogens with zero attached hydrogens (tertiary/aromatic N) is 5. The van der Waals surface area contributed by atoms with Crippen LogP contribution in [0.25, 0.3) is 11.7 Å². The van der Waals surface area contributed by atoms with Gasteiger partial charge in [-0.2, -0.15) is 0 Å².